The second kappa shape index (κ2) is 6.60. The van der Waals surface area contributed by atoms with Crippen molar-refractivity contribution < 1.29 is 9.90 Å². The van der Waals surface area contributed by atoms with Gasteiger partial charge in [-0.2, -0.15) is 0 Å². The number of carbonyl (C=O) groups is 1. The third-order valence-electron chi connectivity index (χ3n) is 4.14. The molecule has 0 saturated carbocycles. The molecule has 0 radical (unpaired) electrons. The summed E-state index contributed by atoms with van der Waals surface area (Å²) in [6.45, 7) is 1.91. The van der Waals surface area contributed by atoms with Crippen molar-refractivity contribution in [1.82, 2.24) is 0 Å². The molecule has 5 heteroatoms. The summed E-state index contributed by atoms with van der Waals surface area (Å²) in [5.74, 6) is 0. The first-order valence-corrected chi connectivity index (χ1v) is 8.03. The van der Waals surface area contributed by atoms with Gasteiger partial charge in [0, 0.05) is 22.8 Å². The Kier molecular flexibility index (Phi) is 4.55. The number of hydrogen-bond donors (Lipinski definition) is 3. The molecule has 0 saturated heterocycles. The van der Waals surface area contributed by atoms with Gasteiger partial charge in [-0.3, -0.25) is 0 Å². The number of urea groups is 1. The molecular formula is C18H19ClN2O2. The van der Waals surface area contributed by atoms with Crippen molar-refractivity contribution in [3.8, 4) is 0 Å². The lowest BCUT2D eigenvalue weighted by atomic mass is 9.88. The van der Waals surface area contributed by atoms with Crippen molar-refractivity contribution in [1.29, 1.82) is 0 Å². The van der Waals surface area contributed by atoms with Crippen LogP contribution in [0.4, 0.5) is 16.2 Å². The molecule has 1 aliphatic rings. The standard InChI is InChI=1S/C18H19ClN2O2/c1-11-5-7-13(9-16(11)19)20-18(23)21-17-4-2-3-12-6-8-14(22)10-15(12)17/h2-5,7,9,14,22H,6,8,10H2,1H3,(H2,20,21,23). The lowest BCUT2D eigenvalue weighted by Gasteiger charge is -2.23. The Morgan fingerprint density at radius 3 is 2.87 bits per heavy atom. The van der Waals surface area contributed by atoms with Crippen LogP contribution in [0.15, 0.2) is 36.4 Å². The summed E-state index contributed by atoms with van der Waals surface area (Å²) in [6, 6.07) is 10.9. The number of fused-ring (bicyclic) bond motifs is 1. The summed E-state index contributed by atoms with van der Waals surface area (Å²) in [6.07, 6.45) is 1.83. The molecule has 2 aromatic carbocycles. The van der Waals surface area contributed by atoms with Gasteiger partial charge in [0.25, 0.3) is 0 Å². The zero-order valence-corrected chi connectivity index (χ0v) is 13.7. The molecule has 0 bridgehead atoms. The van der Waals surface area contributed by atoms with Gasteiger partial charge in [0.05, 0.1) is 6.10 Å². The summed E-state index contributed by atoms with van der Waals surface area (Å²) in [5, 5.41) is 16.1. The van der Waals surface area contributed by atoms with Crippen LogP contribution in [0.5, 0.6) is 0 Å². The third kappa shape index (κ3) is 3.66. The molecule has 2 aromatic rings. The number of carbonyl (C=O) groups excluding carboxylic acids is 1. The number of aliphatic hydroxyl groups is 1. The van der Waals surface area contributed by atoms with E-state index in [1.807, 2.05) is 37.3 Å². The summed E-state index contributed by atoms with van der Waals surface area (Å²) in [7, 11) is 0. The molecule has 0 fully saturated rings. The van der Waals surface area contributed by atoms with Crippen LogP contribution in [-0.4, -0.2) is 17.2 Å². The molecule has 4 nitrogen and oxygen atoms in total. The molecule has 3 N–H and O–H groups in total. The average molecular weight is 331 g/mol. The fourth-order valence-corrected chi connectivity index (χ4v) is 3.02. The van der Waals surface area contributed by atoms with E-state index in [-0.39, 0.29) is 12.1 Å². The first-order chi connectivity index (χ1) is 11.0. The molecule has 1 aliphatic carbocycles. The SMILES string of the molecule is Cc1ccc(NC(=O)Nc2cccc3c2CC(O)CC3)cc1Cl. The monoisotopic (exact) mass is 330 g/mol. The maximum Gasteiger partial charge on any atom is 0.323 e. The minimum absolute atomic E-state index is 0.321. The van der Waals surface area contributed by atoms with Gasteiger partial charge in [-0.1, -0.05) is 29.8 Å². The van der Waals surface area contributed by atoms with E-state index in [0.717, 1.165) is 29.7 Å². The Balaban J connectivity index is 1.74. The largest absolute Gasteiger partial charge is 0.393 e. The molecule has 23 heavy (non-hydrogen) atoms. The smallest absolute Gasteiger partial charge is 0.323 e. The van der Waals surface area contributed by atoms with Gasteiger partial charge in [0.15, 0.2) is 0 Å². The number of anilines is 2. The zero-order chi connectivity index (χ0) is 16.4. The number of rotatable bonds is 2. The van der Waals surface area contributed by atoms with E-state index in [2.05, 4.69) is 10.6 Å². The molecule has 120 valence electrons. The first-order valence-electron chi connectivity index (χ1n) is 7.66. The van der Waals surface area contributed by atoms with Gasteiger partial charge in [-0.25, -0.2) is 4.79 Å². The van der Waals surface area contributed by atoms with Crippen LogP contribution in [0.25, 0.3) is 0 Å². The maximum absolute atomic E-state index is 12.2. The Bertz CT molecular complexity index is 746. The van der Waals surface area contributed by atoms with Gasteiger partial charge in [-0.15, -0.1) is 0 Å². The molecule has 1 atom stereocenters. The number of aliphatic hydroxyl groups excluding tert-OH is 1. The zero-order valence-electron chi connectivity index (χ0n) is 12.9. The summed E-state index contributed by atoms with van der Waals surface area (Å²) >= 11 is 6.07. The summed E-state index contributed by atoms with van der Waals surface area (Å²) < 4.78 is 0. The van der Waals surface area contributed by atoms with Crippen LogP contribution < -0.4 is 10.6 Å². The van der Waals surface area contributed by atoms with Crippen molar-refractivity contribution in [2.45, 2.75) is 32.3 Å². The molecular weight excluding hydrogens is 312 g/mol. The van der Waals surface area contributed by atoms with Crippen molar-refractivity contribution in [2.75, 3.05) is 10.6 Å². The van der Waals surface area contributed by atoms with E-state index in [9.17, 15) is 9.90 Å². The minimum atomic E-state index is -0.343. The molecule has 1 unspecified atom stereocenters. The van der Waals surface area contributed by atoms with Crippen molar-refractivity contribution >= 4 is 29.0 Å². The highest BCUT2D eigenvalue weighted by Gasteiger charge is 2.19. The Labute approximate surface area is 140 Å². The normalized spacial score (nSPS) is 16.6. The van der Waals surface area contributed by atoms with Crippen LogP contribution >= 0.6 is 11.6 Å². The maximum atomic E-state index is 12.2. The summed E-state index contributed by atoms with van der Waals surface area (Å²) in [5.41, 5.74) is 4.55. The second-order valence-electron chi connectivity index (χ2n) is 5.88. The van der Waals surface area contributed by atoms with Crippen LogP contribution in [-0.2, 0) is 12.8 Å². The van der Waals surface area contributed by atoms with Crippen LogP contribution in [0, 0.1) is 6.92 Å². The number of amides is 2. The summed E-state index contributed by atoms with van der Waals surface area (Å²) in [4.78, 5) is 12.2. The van der Waals surface area contributed by atoms with E-state index >= 15 is 0 Å². The van der Waals surface area contributed by atoms with Crippen molar-refractivity contribution in [3.63, 3.8) is 0 Å². The third-order valence-corrected chi connectivity index (χ3v) is 4.54. The topological polar surface area (TPSA) is 61.4 Å². The quantitative estimate of drug-likeness (QED) is 0.775. The predicted octanol–water partition coefficient (Wildman–Crippen LogP) is 4.14. The van der Waals surface area contributed by atoms with Crippen LogP contribution in [0.2, 0.25) is 5.02 Å². The fourth-order valence-electron chi connectivity index (χ4n) is 2.84. The van der Waals surface area contributed by atoms with Gasteiger partial charge < -0.3 is 15.7 Å². The Morgan fingerprint density at radius 1 is 1.26 bits per heavy atom. The lowest BCUT2D eigenvalue weighted by molar-refractivity contribution is 0.159. The van der Waals surface area contributed by atoms with E-state index in [0.29, 0.717) is 17.1 Å². The first kappa shape index (κ1) is 15.8. The molecule has 0 aromatic heterocycles. The highest BCUT2D eigenvalue weighted by molar-refractivity contribution is 6.31. The highest BCUT2D eigenvalue weighted by Crippen LogP contribution is 2.28. The molecule has 0 heterocycles. The minimum Gasteiger partial charge on any atom is -0.393 e. The van der Waals surface area contributed by atoms with Gasteiger partial charge in [-0.05, 0) is 54.7 Å². The number of nitrogens with one attached hydrogen (secondary N) is 2. The molecule has 3 rings (SSSR count). The molecule has 0 spiro atoms. The van der Waals surface area contributed by atoms with E-state index < -0.39 is 0 Å². The van der Waals surface area contributed by atoms with E-state index in [4.69, 9.17) is 11.6 Å². The number of benzene rings is 2. The number of hydrogen-bond acceptors (Lipinski definition) is 2. The fraction of sp³-hybridized carbons (Fsp3) is 0.278. The van der Waals surface area contributed by atoms with Gasteiger partial charge in [0.1, 0.15) is 0 Å². The van der Waals surface area contributed by atoms with Crippen LogP contribution in [0.3, 0.4) is 0 Å². The highest BCUT2D eigenvalue weighted by atomic mass is 35.5. The second-order valence-corrected chi connectivity index (χ2v) is 6.29. The van der Waals surface area contributed by atoms with Crippen molar-refractivity contribution in [2.24, 2.45) is 0 Å². The average Bonchev–Trinajstić information content (AvgIpc) is 2.51. The predicted molar refractivity (Wildman–Crippen MR) is 93.3 cm³/mol. The number of aryl methyl sites for hydroxylation is 2. The van der Waals surface area contributed by atoms with E-state index in [1.165, 1.54) is 5.56 Å². The van der Waals surface area contributed by atoms with Gasteiger partial charge in [0.2, 0.25) is 0 Å². The van der Waals surface area contributed by atoms with Crippen LogP contribution in [0.1, 0.15) is 23.1 Å². The number of halogens is 1. The lowest BCUT2D eigenvalue weighted by Crippen LogP contribution is -2.24. The van der Waals surface area contributed by atoms with Crippen molar-refractivity contribution in [3.05, 3.63) is 58.1 Å². The molecule has 2 amide bonds. The Hall–Kier alpha value is -2.04. The van der Waals surface area contributed by atoms with Gasteiger partial charge >= 0.3 is 6.03 Å². The molecule has 0 aliphatic heterocycles. The Morgan fingerprint density at radius 2 is 2.09 bits per heavy atom. The van der Waals surface area contributed by atoms with E-state index in [1.54, 1.807) is 6.07 Å².